The first-order valence-electron chi connectivity index (χ1n) is 6.41. The van der Waals surface area contributed by atoms with Gasteiger partial charge < -0.3 is 16.0 Å². The van der Waals surface area contributed by atoms with Crippen LogP contribution in [0, 0.1) is 6.92 Å². The van der Waals surface area contributed by atoms with Gasteiger partial charge in [0, 0.05) is 24.0 Å². The van der Waals surface area contributed by atoms with Crippen molar-refractivity contribution in [1.82, 2.24) is 4.98 Å². The minimum absolute atomic E-state index is 0.165. The van der Waals surface area contributed by atoms with E-state index in [2.05, 4.69) is 20.9 Å². The molecule has 1 heterocycles. The van der Waals surface area contributed by atoms with E-state index in [0.717, 1.165) is 5.69 Å². The molecular formula is C15H16N4O2. The number of nitrogens with one attached hydrogen (secondary N) is 3. The van der Waals surface area contributed by atoms with E-state index in [1.165, 1.54) is 6.92 Å². The molecule has 6 heteroatoms. The fourth-order valence-corrected chi connectivity index (χ4v) is 1.71. The summed E-state index contributed by atoms with van der Waals surface area (Å²) in [4.78, 5) is 27.0. The summed E-state index contributed by atoms with van der Waals surface area (Å²) in [5.74, 6) is -0.165. The van der Waals surface area contributed by atoms with Crippen LogP contribution in [0.1, 0.15) is 12.6 Å². The molecule has 0 spiro atoms. The fraction of sp³-hybridized carbons (Fsp3) is 0.133. The summed E-state index contributed by atoms with van der Waals surface area (Å²) in [7, 11) is 0. The van der Waals surface area contributed by atoms with Crippen molar-refractivity contribution in [2.45, 2.75) is 13.8 Å². The highest BCUT2D eigenvalue weighted by atomic mass is 16.2. The average molecular weight is 284 g/mol. The minimum atomic E-state index is -0.374. The van der Waals surface area contributed by atoms with E-state index in [-0.39, 0.29) is 11.9 Å². The number of hydrogen-bond donors (Lipinski definition) is 3. The second-order valence-electron chi connectivity index (χ2n) is 4.53. The van der Waals surface area contributed by atoms with Gasteiger partial charge in [-0.25, -0.2) is 4.79 Å². The Balaban J connectivity index is 1.99. The fourth-order valence-electron chi connectivity index (χ4n) is 1.71. The highest BCUT2D eigenvalue weighted by Crippen LogP contribution is 2.15. The van der Waals surface area contributed by atoms with Gasteiger partial charge in [0.15, 0.2) is 0 Å². The van der Waals surface area contributed by atoms with Crippen molar-refractivity contribution >= 4 is 29.0 Å². The van der Waals surface area contributed by atoms with Crippen molar-refractivity contribution in [3.63, 3.8) is 0 Å². The molecule has 0 aliphatic heterocycles. The molecule has 0 saturated carbocycles. The lowest BCUT2D eigenvalue weighted by molar-refractivity contribution is -0.114. The lowest BCUT2D eigenvalue weighted by Gasteiger charge is -2.09. The van der Waals surface area contributed by atoms with Gasteiger partial charge in [-0.05, 0) is 37.3 Å². The molecule has 3 N–H and O–H groups in total. The Kier molecular flexibility index (Phi) is 4.50. The van der Waals surface area contributed by atoms with Crippen molar-refractivity contribution in [2.75, 3.05) is 16.0 Å². The van der Waals surface area contributed by atoms with Crippen LogP contribution in [0.3, 0.4) is 0 Å². The molecule has 1 aromatic heterocycles. The maximum atomic E-state index is 11.9. The van der Waals surface area contributed by atoms with Gasteiger partial charge in [-0.1, -0.05) is 6.07 Å². The van der Waals surface area contributed by atoms with E-state index < -0.39 is 0 Å². The molecule has 2 aromatic rings. The Labute approximate surface area is 122 Å². The Hall–Kier alpha value is -2.89. The van der Waals surface area contributed by atoms with E-state index in [4.69, 9.17) is 0 Å². The molecule has 0 bridgehead atoms. The Morgan fingerprint density at radius 1 is 0.952 bits per heavy atom. The summed E-state index contributed by atoms with van der Waals surface area (Å²) in [6.45, 7) is 3.30. The van der Waals surface area contributed by atoms with Crippen LogP contribution in [0.15, 0.2) is 42.6 Å². The summed E-state index contributed by atoms with van der Waals surface area (Å²) in [6, 6.07) is 10.1. The van der Waals surface area contributed by atoms with Crippen LogP contribution in [0.25, 0.3) is 0 Å². The molecular weight excluding hydrogens is 268 g/mol. The van der Waals surface area contributed by atoms with Crippen molar-refractivity contribution in [1.29, 1.82) is 0 Å². The summed E-state index contributed by atoms with van der Waals surface area (Å²) < 4.78 is 0. The van der Waals surface area contributed by atoms with Gasteiger partial charge in [0.1, 0.15) is 0 Å². The monoisotopic (exact) mass is 284 g/mol. The van der Waals surface area contributed by atoms with Gasteiger partial charge in [0.05, 0.1) is 11.9 Å². The smallest absolute Gasteiger partial charge is 0.323 e. The third-order valence-electron chi connectivity index (χ3n) is 2.61. The van der Waals surface area contributed by atoms with Gasteiger partial charge in [-0.15, -0.1) is 0 Å². The number of nitrogens with zero attached hydrogens (tertiary/aromatic N) is 1. The molecule has 1 aromatic carbocycles. The Morgan fingerprint density at radius 2 is 1.62 bits per heavy atom. The summed E-state index contributed by atoms with van der Waals surface area (Å²) >= 11 is 0. The topological polar surface area (TPSA) is 83.1 Å². The predicted molar refractivity (Wildman–Crippen MR) is 82.4 cm³/mol. The normalized spacial score (nSPS) is 9.81. The minimum Gasteiger partial charge on any atom is -0.326 e. The molecule has 21 heavy (non-hydrogen) atoms. The first-order valence-corrected chi connectivity index (χ1v) is 6.41. The molecule has 0 fully saturated rings. The van der Waals surface area contributed by atoms with E-state index >= 15 is 0 Å². The summed E-state index contributed by atoms with van der Waals surface area (Å²) in [5.41, 5.74) is 2.69. The number of carbonyl (C=O) groups excluding carboxylic acids is 2. The van der Waals surface area contributed by atoms with Crippen LogP contribution in [-0.2, 0) is 4.79 Å². The van der Waals surface area contributed by atoms with Crippen LogP contribution >= 0.6 is 0 Å². The molecule has 0 unspecified atom stereocenters. The number of anilines is 3. The Morgan fingerprint density at radius 3 is 2.24 bits per heavy atom. The second kappa shape index (κ2) is 6.51. The maximum Gasteiger partial charge on any atom is 0.323 e. The SMILES string of the molecule is CC(=O)Nc1cccc(NC(=O)Nc2ccc(C)nc2)c1. The van der Waals surface area contributed by atoms with Crippen molar-refractivity contribution in [3.05, 3.63) is 48.3 Å². The van der Waals surface area contributed by atoms with Gasteiger partial charge in [0.2, 0.25) is 5.91 Å². The maximum absolute atomic E-state index is 11.9. The third-order valence-corrected chi connectivity index (χ3v) is 2.61. The molecule has 3 amide bonds. The number of pyridine rings is 1. The number of amides is 3. The van der Waals surface area contributed by atoms with E-state index in [1.807, 2.05) is 13.0 Å². The molecule has 0 aliphatic rings. The zero-order valence-corrected chi connectivity index (χ0v) is 11.8. The van der Waals surface area contributed by atoms with Crippen LogP contribution in [0.2, 0.25) is 0 Å². The molecule has 0 aliphatic carbocycles. The van der Waals surface area contributed by atoms with Crippen molar-refractivity contribution in [3.8, 4) is 0 Å². The van der Waals surface area contributed by atoms with Crippen molar-refractivity contribution < 1.29 is 9.59 Å². The highest BCUT2D eigenvalue weighted by molar-refractivity contribution is 6.00. The standard InChI is InChI=1S/C15H16N4O2/c1-10-6-7-14(9-16-10)19-15(21)18-13-5-3-4-12(8-13)17-11(2)20/h3-9H,1-2H3,(H,17,20)(H2,18,19,21). The molecule has 108 valence electrons. The molecule has 2 rings (SSSR count). The number of urea groups is 1. The predicted octanol–water partition coefficient (Wildman–Crippen LogP) is 2.99. The molecule has 0 saturated heterocycles. The van der Waals surface area contributed by atoms with Crippen LogP contribution < -0.4 is 16.0 Å². The molecule has 0 atom stereocenters. The van der Waals surface area contributed by atoms with Crippen LogP contribution in [-0.4, -0.2) is 16.9 Å². The van der Waals surface area contributed by atoms with E-state index in [9.17, 15) is 9.59 Å². The largest absolute Gasteiger partial charge is 0.326 e. The number of rotatable bonds is 3. The van der Waals surface area contributed by atoms with Gasteiger partial charge in [-0.3, -0.25) is 9.78 Å². The third kappa shape index (κ3) is 4.61. The quantitative estimate of drug-likeness (QED) is 0.810. The Bertz CT molecular complexity index is 653. The van der Waals surface area contributed by atoms with Gasteiger partial charge >= 0.3 is 6.03 Å². The van der Waals surface area contributed by atoms with E-state index in [0.29, 0.717) is 17.1 Å². The summed E-state index contributed by atoms with van der Waals surface area (Å²) in [5, 5.41) is 8.02. The average Bonchev–Trinajstić information content (AvgIpc) is 2.41. The zero-order chi connectivity index (χ0) is 15.2. The number of aryl methyl sites for hydroxylation is 1. The van der Waals surface area contributed by atoms with Crippen LogP contribution in [0.5, 0.6) is 0 Å². The first-order chi connectivity index (χ1) is 10.0. The van der Waals surface area contributed by atoms with E-state index in [1.54, 1.807) is 36.5 Å². The number of hydrogen-bond acceptors (Lipinski definition) is 3. The lowest BCUT2D eigenvalue weighted by Crippen LogP contribution is -2.19. The van der Waals surface area contributed by atoms with Gasteiger partial charge in [-0.2, -0.15) is 0 Å². The number of aromatic nitrogens is 1. The number of benzene rings is 1. The molecule has 6 nitrogen and oxygen atoms in total. The highest BCUT2D eigenvalue weighted by Gasteiger charge is 2.04. The van der Waals surface area contributed by atoms with Gasteiger partial charge in [0.25, 0.3) is 0 Å². The first kappa shape index (κ1) is 14.5. The van der Waals surface area contributed by atoms with Crippen LogP contribution in [0.4, 0.5) is 21.9 Å². The van der Waals surface area contributed by atoms with Crippen molar-refractivity contribution in [2.24, 2.45) is 0 Å². The number of carbonyl (C=O) groups is 2. The second-order valence-corrected chi connectivity index (χ2v) is 4.53. The lowest BCUT2D eigenvalue weighted by atomic mass is 10.2. The zero-order valence-electron chi connectivity index (χ0n) is 11.8. The molecule has 0 radical (unpaired) electrons. The summed E-state index contributed by atoms with van der Waals surface area (Å²) in [6.07, 6.45) is 1.59.